The van der Waals surface area contributed by atoms with Gasteiger partial charge in [-0.25, -0.2) is 8.42 Å². The number of carbonyl (C=O) groups is 2. The van der Waals surface area contributed by atoms with E-state index in [2.05, 4.69) is 26.1 Å². The first kappa shape index (κ1) is 33.4. The fourth-order valence-corrected chi connectivity index (χ4v) is 5.30. The van der Waals surface area contributed by atoms with Gasteiger partial charge in [-0.3, -0.25) is 19.0 Å². The van der Waals surface area contributed by atoms with Crippen molar-refractivity contribution in [3.8, 4) is 0 Å². The van der Waals surface area contributed by atoms with Crippen LogP contribution in [0, 0.1) is 6.92 Å². The standard InChI is InChI=1S/C33H40N6O5S/c1-22-15-28(38-37-22)20-34-21-31(40)30(16-24-11-7-5-8-12-24)36-33(42)27-17-26(18-29(19-27)39(3)45(4,43)44)32(41)35-23(2)25-13-9-6-10-14-25/h5-15,17-19,23,30-31,34,40H,16,20-21H2,1-4H3,(H,35,41)(H,36,42)(H,37,38). The molecule has 45 heavy (non-hydrogen) atoms. The van der Waals surface area contributed by atoms with Crippen LogP contribution in [0.25, 0.3) is 0 Å². The second-order valence-electron chi connectivity index (χ2n) is 11.1. The number of aliphatic hydroxyl groups excluding tert-OH is 1. The number of hydrogen-bond donors (Lipinski definition) is 5. The van der Waals surface area contributed by atoms with Gasteiger partial charge in [0, 0.05) is 37.0 Å². The number of aliphatic hydroxyl groups is 1. The van der Waals surface area contributed by atoms with E-state index in [1.807, 2.05) is 80.6 Å². The molecular weight excluding hydrogens is 592 g/mol. The molecule has 0 saturated carbocycles. The number of aromatic amines is 1. The minimum atomic E-state index is -3.70. The third-order valence-electron chi connectivity index (χ3n) is 7.45. The Morgan fingerprint density at radius 2 is 1.53 bits per heavy atom. The first-order valence-corrected chi connectivity index (χ1v) is 16.4. The highest BCUT2D eigenvalue weighted by Gasteiger charge is 2.25. The van der Waals surface area contributed by atoms with Crippen molar-refractivity contribution in [2.45, 2.75) is 45.0 Å². The number of sulfonamides is 1. The van der Waals surface area contributed by atoms with Gasteiger partial charge < -0.3 is 21.1 Å². The lowest BCUT2D eigenvalue weighted by Gasteiger charge is -2.25. The van der Waals surface area contributed by atoms with E-state index in [1.54, 1.807) is 0 Å². The van der Waals surface area contributed by atoms with Gasteiger partial charge in [-0.15, -0.1) is 0 Å². The number of aryl methyl sites for hydroxylation is 1. The summed E-state index contributed by atoms with van der Waals surface area (Å²) < 4.78 is 25.8. The number of hydrogen-bond acceptors (Lipinski definition) is 7. The van der Waals surface area contributed by atoms with Crippen molar-refractivity contribution in [2.24, 2.45) is 0 Å². The van der Waals surface area contributed by atoms with Crippen LogP contribution in [0.2, 0.25) is 0 Å². The van der Waals surface area contributed by atoms with Gasteiger partial charge in [0.05, 0.1) is 35.8 Å². The summed E-state index contributed by atoms with van der Waals surface area (Å²) in [4.78, 5) is 27.1. The summed E-state index contributed by atoms with van der Waals surface area (Å²) in [6.07, 6.45) is 0.396. The van der Waals surface area contributed by atoms with Crippen molar-refractivity contribution in [2.75, 3.05) is 24.2 Å². The summed E-state index contributed by atoms with van der Waals surface area (Å²) in [6.45, 7) is 4.33. The van der Waals surface area contributed by atoms with Gasteiger partial charge in [-0.2, -0.15) is 5.10 Å². The van der Waals surface area contributed by atoms with Gasteiger partial charge in [-0.1, -0.05) is 60.7 Å². The summed E-state index contributed by atoms with van der Waals surface area (Å²) in [5.41, 5.74) is 3.86. The predicted octanol–water partition coefficient (Wildman–Crippen LogP) is 3.10. The van der Waals surface area contributed by atoms with Gasteiger partial charge in [-0.05, 0) is 55.7 Å². The van der Waals surface area contributed by atoms with Gasteiger partial charge >= 0.3 is 0 Å². The molecule has 0 aliphatic rings. The number of aromatic nitrogens is 2. The predicted molar refractivity (Wildman–Crippen MR) is 174 cm³/mol. The monoisotopic (exact) mass is 632 g/mol. The second-order valence-corrected chi connectivity index (χ2v) is 13.1. The van der Waals surface area contributed by atoms with Crippen molar-refractivity contribution in [3.05, 3.63) is 119 Å². The SMILES string of the molecule is Cc1cc(CNCC(O)C(Cc2ccccc2)NC(=O)c2cc(C(=O)NC(C)c3ccccc3)cc(N(C)S(C)(=O)=O)c2)n[nH]1. The zero-order chi connectivity index (χ0) is 32.6. The van der Waals surface area contributed by atoms with E-state index in [4.69, 9.17) is 0 Å². The number of benzene rings is 3. The van der Waals surface area contributed by atoms with Gasteiger partial charge in [0.1, 0.15) is 0 Å². The molecule has 3 atom stereocenters. The molecule has 4 rings (SSSR count). The fraction of sp³-hybridized carbons (Fsp3) is 0.303. The lowest BCUT2D eigenvalue weighted by atomic mass is 10.00. The Morgan fingerprint density at radius 1 is 0.933 bits per heavy atom. The smallest absolute Gasteiger partial charge is 0.251 e. The molecule has 3 unspecified atom stereocenters. The molecule has 0 bridgehead atoms. The quantitative estimate of drug-likeness (QED) is 0.143. The fourth-order valence-electron chi connectivity index (χ4n) is 4.81. The average molecular weight is 633 g/mol. The van der Waals surface area contributed by atoms with Crippen LogP contribution < -0.4 is 20.3 Å². The molecular formula is C33H40N6O5S. The van der Waals surface area contributed by atoms with E-state index in [0.717, 1.165) is 33.1 Å². The number of H-pyrrole nitrogens is 1. The van der Waals surface area contributed by atoms with Crippen LogP contribution in [-0.2, 0) is 23.0 Å². The summed E-state index contributed by atoms with van der Waals surface area (Å²) in [7, 11) is -2.35. The molecule has 1 heterocycles. The minimum absolute atomic E-state index is 0.0748. The van der Waals surface area contributed by atoms with E-state index in [9.17, 15) is 23.1 Å². The molecule has 4 aromatic rings. The van der Waals surface area contributed by atoms with Gasteiger partial charge in [0.2, 0.25) is 10.0 Å². The zero-order valence-corrected chi connectivity index (χ0v) is 26.6. The Morgan fingerprint density at radius 3 is 2.11 bits per heavy atom. The maximum atomic E-state index is 13.7. The third-order valence-corrected chi connectivity index (χ3v) is 8.65. The number of anilines is 1. The van der Waals surface area contributed by atoms with Crippen molar-refractivity contribution in [3.63, 3.8) is 0 Å². The summed E-state index contributed by atoms with van der Waals surface area (Å²) >= 11 is 0. The molecule has 0 aliphatic heterocycles. The highest BCUT2D eigenvalue weighted by atomic mass is 32.2. The minimum Gasteiger partial charge on any atom is -0.390 e. The molecule has 5 N–H and O–H groups in total. The number of carbonyl (C=O) groups excluding carboxylic acids is 2. The molecule has 0 saturated heterocycles. The van der Waals surface area contributed by atoms with Crippen molar-refractivity contribution < 1.29 is 23.1 Å². The van der Waals surface area contributed by atoms with E-state index >= 15 is 0 Å². The van der Waals surface area contributed by atoms with Crippen LogP contribution in [0.5, 0.6) is 0 Å². The molecule has 0 fully saturated rings. The Kier molecular flexibility index (Phi) is 11.1. The van der Waals surface area contributed by atoms with Crippen molar-refractivity contribution in [1.29, 1.82) is 0 Å². The summed E-state index contributed by atoms with van der Waals surface area (Å²) in [5, 5.41) is 27.3. The number of rotatable bonds is 14. The summed E-state index contributed by atoms with van der Waals surface area (Å²) in [6, 6.07) is 24.0. The molecule has 12 heteroatoms. The Bertz CT molecular complexity index is 1700. The summed E-state index contributed by atoms with van der Waals surface area (Å²) in [5.74, 6) is -1.03. The first-order chi connectivity index (χ1) is 21.4. The van der Waals surface area contributed by atoms with E-state index in [0.29, 0.717) is 13.0 Å². The lowest BCUT2D eigenvalue weighted by Crippen LogP contribution is -2.48. The number of amides is 2. The maximum absolute atomic E-state index is 13.7. The van der Waals surface area contributed by atoms with Gasteiger partial charge in [0.15, 0.2) is 0 Å². The largest absolute Gasteiger partial charge is 0.390 e. The molecule has 3 aromatic carbocycles. The number of nitrogens with one attached hydrogen (secondary N) is 4. The van der Waals surface area contributed by atoms with E-state index < -0.39 is 34.0 Å². The molecule has 0 aliphatic carbocycles. The molecule has 11 nitrogen and oxygen atoms in total. The Labute approximate surface area is 264 Å². The van der Waals surface area contributed by atoms with Crippen LogP contribution in [0.15, 0.2) is 84.9 Å². The maximum Gasteiger partial charge on any atom is 0.251 e. The molecule has 0 spiro atoms. The molecule has 1 aromatic heterocycles. The Hall–Kier alpha value is -4.52. The van der Waals surface area contributed by atoms with Crippen molar-refractivity contribution in [1.82, 2.24) is 26.1 Å². The third kappa shape index (κ3) is 9.48. The highest BCUT2D eigenvalue weighted by molar-refractivity contribution is 7.92. The van der Waals surface area contributed by atoms with Crippen LogP contribution in [0.3, 0.4) is 0 Å². The molecule has 238 valence electrons. The zero-order valence-electron chi connectivity index (χ0n) is 25.8. The highest BCUT2D eigenvalue weighted by Crippen LogP contribution is 2.22. The van der Waals surface area contributed by atoms with Crippen molar-refractivity contribution >= 4 is 27.5 Å². The van der Waals surface area contributed by atoms with Gasteiger partial charge in [0.25, 0.3) is 11.8 Å². The molecule has 0 radical (unpaired) electrons. The second kappa shape index (κ2) is 15.0. The van der Waals surface area contributed by atoms with E-state index in [-0.39, 0.29) is 29.4 Å². The molecule has 2 amide bonds. The first-order valence-electron chi connectivity index (χ1n) is 14.6. The Balaban J connectivity index is 1.58. The van der Waals surface area contributed by atoms with Crippen LogP contribution in [-0.4, -0.2) is 67.5 Å². The van der Waals surface area contributed by atoms with Crippen LogP contribution >= 0.6 is 0 Å². The average Bonchev–Trinajstić information content (AvgIpc) is 3.44. The van der Waals surface area contributed by atoms with Crippen LogP contribution in [0.1, 0.15) is 56.2 Å². The topological polar surface area (TPSA) is 157 Å². The van der Waals surface area contributed by atoms with Crippen LogP contribution in [0.4, 0.5) is 5.69 Å². The van der Waals surface area contributed by atoms with E-state index in [1.165, 1.54) is 25.2 Å². The lowest BCUT2D eigenvalue weighted by molar-refractivity contribution is 0.0829. The normalized spacial score (nSPS) is 13.4. The number of nitrogens with zero attached hydrogens (tertiary/aromatic N) is 2.